The molecule has 1 fully saturated rings. The molecule has 2 aromatic heterocycles. The molecule has 1 amide bonds. The van der Waals surface area contributed by atoms with Crippen LogP contribution in [-0.4, -0.2) is 46.7 Å². The van der Waals surface area contributed by atoms with E-state index in [-0.39, 0.29) is 12.5 Å². The van der Waals surface area contributed by atoms with Gasteiger partial charge in [0.1, 0.15) is 30.5 Å². The number of carbonyl (C=O) groups is 1. The Bertz CT molecular complexity index is 1070. The van der Waals surface area contributed by atoms with Gasteiger partial charge in [-0.2, -0.15) is 0 Å². The van der Waals surface area contributed by atoms with Crippen molar-refractivity contribution in [3.05, 3.63) is 54.5 Å². The molecule has 4 heterocycles. The van der Waals surface area contributed by atoms with Crippen LogP contribution in [0.15, 0.2) is 48.9 Å². The van der Waals surface area contributed by atoms with Gasteiger partial charge in [-0.3, -0.25) is 4.79 Å². The minimum absolute atomic E-state index is 0.0261. The number of hydrogen-bond donors (Lipinski definition) is 0. The van der Waals surface area contributed by atoms with Crippen LogP contribution in [0.4, 0.5) is 11.5 Å². The molecule has 7 heteroatoms. The van der Waals surface area contributed by atoms with E-state index in [1.54, 1.807) is 6.20 Å². The molecular weight excluding hydrogens is 378 g/mol. The molecule has 0 radical (unpaired) electrons. The van der Waals surface area contributed by atoms with Gasteiger partial charge in [-0.1, -0.05) is 6.07 Å². The van der Waals surface area contributed by atoms with Crippen molar-refractivity contribution in [1.82, 2.24) is 14.5 Å². The van der Waals surface area contributed by atoms with Crippen molar-refractivity contribution >= 4 is 17.4 Å². The molecule has 5 rings (SSSR count). The van der Waals surface area contributed by atoms with Gasteiger partial charge in [-0.05, 0) is 49.6 Å². The maximum absolute atomic E-state index is 13.2. The first-order chi connectivity index (χ1) is 14.7. The monoisotopic (exact) mass is 403 g/mol. The van der Waals surface area contributed by atoms with E-state index in [0.717, 1.165) is 47.3 Å². The van der Waals surface area contributed by atoms with E-state index >= 15 is 0 Å². The summed E-state index contributed by atoms with van der Waals surface area (Å²) in [5.41, 5.74) is 2.92. The summed E-state index contributed by atoms with van der Waals surface area (Å²) in [6.45, 7) is 5.38. The lowest BCUT2D eigenvalue weighted by molar-refractivity contribution is -0.119. The average molecular weight is 403 g/mol. The Kier molecular flexibility index (Phi) is 4.86. The lowest BCUT2D eigenvalue weighted by Gasteiger charge is -2.30. The number of benzene rings is 1. The number of pyridine rings is 1. The molecule has 1 aromatic carbocycles. The minimum atomic E-state index is 0.0261. The van der Waals surface area contributed by atoms with Gasteiger partial charge < -0.3 is 19.1 Å². The number of rotatable bonds is 4. The highest BCUT2D eigenvalue weighted by atomic mass is 16.5. The molecule has 3 aromatic rings. The van der Waals surface area contributed by atoms with Gasteiger partial charge in [-0.25, -0.2) is 9.97 Å². The highest BCUT2D eigenvalue weighted by Crippen LogP contribution is 2.33. The molecule has 0 saturated carbocycles. The number of hydrogen-bond acceptors (Lipinski definition) is 5. The summed E-state index contributed by atoms with van der Waals surface area (Å²) in [7, 11) is 0. The zero-order valence-electron chi connectivity index (χ0n) is 17.1. The number of ether oxygens (including phenoxy) is 1. The van der Waals surface area contributed by atoms with Crippen LogP contribution >= 0.6 is 0 Å². The Morgan fingerprint density at radius 2 is 1.93 bits per heavy atom. The molecule has 0 atom stereocenters. The number of amides is 1. The van der Waals surface area contributed by atoms with Gasteiger partial charge in [0.05, 0.1) is 12.2 Å². The highest BCUT2D eigenvalue weighted by Gasteiger charge is 2.25. The molecule has 1 saturated heterocycles. The van der Waals surface area contributed by atoms with E-state index in [0.29, 0.717) is 13.2 Å². The van der Waals surface area contributed by atoms with E-state index in [1.165, 1.54) is 12.8 Å². The molecule has 154 valence electrons. The predicted molar refractivity (Wildman–Crippen MR) is 116 cm³/mol. The molecular formula is C23H25N5O2. The first-order valence-corrected chi connectivity index (χ1v) is 10.5. The molecule has 0 spiro atoms. The third-order valence-corrected chi connectivity index (χ3v) is 5.73. The van der Waals surface area contributed by atoms with Gasteiger partial charge in [0.25, 0.3) is 0 Å². The van der Waals surface area contributed by atoms with Crippen molar-refractivity contribution in [1.29, 1.82) is 0 Å². The lowest BCUT2D eigenvalue weighted by Crippen LogP contribution is -2.40. The second kappa shape index (κ2) is 7.82. The fraction of sp³-hybridized carbons (Fsp3) is 0.348. The number of aryl methyl sites for hydroxylation is 1. The second-order valence-corrected chi connectivity index (χ2v) is 7.84. The zero-order valence-corrected chi connectivity index (χ0v) is 17.1. The van der Waals surface area contributed by atoms with Crippen LogP contribution in [0.5, 0.6) is 5.75 Å². The number of nitrogens with zero attached hydrogens (tertiary/aromatic N) is 5. The van der Waals surface area contributed by atoms with Crippen molar-refractivity contribution in [3.8, 4) is 17.1 Å². The van der Waals surface area contributed by atoms with Crippen LogP contribution in [0.3, 0.4) is 0 Å². The van der Waals surface area contributed by atoms with Gasteiger partial charge >= 0.3 is 0 Å². The number of imidazole rings is 1. The molecule has 7 nitrogen and oxygen atoms in total. The minimum Gasteiger partial charge on any atom is -0.490 e. The number of carbonyl (C=O) groups excluding carboxylic acids is 1. The van der Waals surface area contributed by atoms with Crippen LogP contribution in [0.2, 0.25) is 0 Å². The summed E-state index contributed by atoms with van der Waals surface area (Å²) in [6.07, 6.45) is 7.84. The Balaban J connectivity index is 1.39. The SMILES string of the molecule is Cc1ccc2c(c1)N(C(=O)Cn1ccnc1-c1ccnc(N3CCCC3)c1)CCO2. The molecule has 0 N–H and O–H groups in total. The summed E-state index contributed by atoms with van der Waals surface area (Å²) in [5.74, 6) is 2.54. The molecule has 30 heavy (non-hydrogen) atoms. The standard InChI is InChI=1S/C23H25N5O2/c1-17-4-5-20-19(14-17)28(12-13-30-20)22(29)16-27-11-8-25-23(27)18-6-7-24-21(15-18)26-9-2-3-10-26/h4-8,11,14-15H,2-3,9-10,12-13,16H2,1H3. The van der Waals surface area contributed by atoms with Crippen LogP contribution in [0, 0.1) is 6.92 Å². The molecule has 2 aliphatic heterocycles. The Morgan fingerprint density at radius 1 is 1.07 bits per heavy atom. The maximum Gasteiger partial charge on any atom is 0.247 e. The van der Waals surface area contributed by atoms with E-state index in [1.807, 2.05) is 53.0 Å². The Morgan fingerprint density at radius 3 is 2.80 bits per heavy atom. The van der Waals surface area contributed by atoms with Crippen molar-refractivity contribution in [2.45, 2.75) is 26.3 Å². The number of fused-ring (bicyclic) bond motifs is 1. The normalized spacial score (nSPS) is 15.8. The summed E-state index contributed by atoms with van der Waals surface area (Å²) in [5, 5.41) is 0. The average Bonchev–Trinajstić information content (AvgIpc) is 3.46. The van der Waals surface area contributed by atoms with Crippen molar-refractivity contribution in [2.24, 2.45) is 0 Å². The zero-order chi connectivity index (χ0) is 20.5. The molecule has 0 aliphatic carbocycles. The van der Waals surface area contributed by atoms with Gasteiger partial charge in [0.2, 0.25) is 5.91 Å². The van der Waals surface area contributed by atoms with Gasteiger partial charge in [0.15, 0.2) is 0 Å². The Labute approximate surface area is 175 Å². The van der Waals surface area contributed by atoms with E-state index < -0.39 is 0 Å². The number of aromatic nitrogens is 3. The second-order valence-electron chi connectivity index (χ2n) is 7.84. The summed E-state index contributed by atoms with van der Waals surface area (Å²) in [6, 6.07) is 9.97. The summed E-state index contributed by atoms with van der Waals surface area (Å²) < 4.78 is 7.64. The first kappa shape index (κ1) is 18.7. The largest absolute Gasteiger partial charge is 0.490 e. The van der Waals surface area contributed by atoms with Crippen molar-refractivity contribution in [2.75, 3.05) is 36.0 Å². The molecule has 0 bridgehead atoms. The van der Waals surface area contributed by atoms with Crippen molar-refractivity contribution in [3.63, 3.8) is 0 Å². The van der Waals surface area contributed by atoms with Crippen LogP contribution in [-0.2, 0) is 11.3 Å². The van der Waals surface area contributed by atoms with Crippen LogP contribution in [0.1, 0.15) is 18.4 Å². The fourth-order valence-electron chi connectivity index (χ4n) is 4.19. The predicted octanol–water partition coefficient (Wildman–Crippen LogP) is 3.28. The summed E-state index contributed by atoms with van der Waals surface area (Å²) in [4.78, 5) is 26.4. The Hall–Kier alpha value is -3.35. The van der Waals surface area contributed by atoms with Gasteiger partial charge in [0, 0.05) is 37.2 Å². The third-order valence-electron chi connectivity index (χ3n) is 5.73. The third kappa shape index (κ3) is 3.51. The quantitative estimate of drug-likeness (QED) is 0.669. The fourth-order valence-corrected chi connectivity index (χ4v) is 4.19. The topological polar surface area (TPSA) is 63.5 Å². The lowest BCUT2D eigenvalue weighted by atomic mass is 10.1. The molecule has 2 aliphatic rings. The van der Waals surface area contributed by atoms with E-state index in [4.69, 9.17) is 4.74 Å². The van der Waals surface area contributed by atoms with E-state index in [9.17, 15) is 4.79 Å². The smallest absolute Gasteiger partial charge is 0.247 e. The van der Waals surface area contributed by atoms with Crippen LogP contribution in [0.25, 0.3) is 11.4 Å². The molecule has 0 unspecified atom stereocenters. The maximum atomic E-state index is 13.2. The number of anilines is 2. The van der Waals surface area contributed by atoms with Crippen molar-refractivity contribution < 1.29 is 9.53 Å². The van der Waals surface area contributed by atoms with E-state index in [2.05, 4.69) is 20.9 Å². The highest BCUT2D eigenvalue weighted by molar-refractivity contribution is 5.95. The van der Waals surface area contributed by atoms with Gasteiger partial charge in [-0.15, -0.1) is 0 Å². The summed E-state index contributed by atoms with van der Waals surface area (Å²) >= 11 is 0. The van der Waals surface area contributed by atoms with Crippen LogP contribution < -0.4 is 14.5 Å². The first-order valence-electron chi connectivity index (χ1n) is 10.5.